The van der Waals surface area contributed by atoms with Gasteiger partial charge in [-0.15, -0.1) is 0 Å². The molecule has 1 aromatic carbocycles. The molecule has 126 valence electrons. The van der Waals surface area contributed by atoms with Crippen LogP contribution in [0.15, 0.2) is 30.3 Å². The second kappa shape index (κ2) is 5.65. The second-order valence-electron chi connectivity index (χ2n) is 7.06. The zero-order valence-electron chi connectivity index (χ0n) is 14.6. The summed E-state index contributed by atoms with van der Waals surface area (Å²) in [5, 5.41) is 4.65. The molecule has 1 aliphatic carbocycles. The summed E-state index contributed by atoms with van der Waals surface area (Å²) in [5.74, 6) is 0.719. The predicted molar refractivity (Wildman–Crippen MR) is 95.8 cm³/mol. The van der Waals surface area contributed by atoms with Crippen LogP contribution < -0.4 is 9.80 Å². The van der Waals surface area contributed by atoms with Crippen LogP contribution in [0.25, 0.3) is 0 Å². The number of hydrogen-bond acceptors (Lipinski definition) is 3. The molecule has 1 unspecified atom stereocenters. The summed E-state index contributed by atoms with van der Waals surface area (Å²) in [5.41, 5.74) is 3.69. The van der Waals surface area contributed by atoms with Gasteiger partial charge in [0.25, 0.3) is 5.91 Å². The second-order valence-corrected chi connectivity index (χ2v) is 7.06. The van der Waals surface area contributed by atoms with Crippen molar-refractivity contribution in [2.45, 2.75) is 32.7 Å². The van der Waals surface area contributed by atoms with E-state index in [2.05, 4.69) is 30.0 Å². The Morgan fingerprint density at radius 1 is 1.21 bits per heavy atom. The van der Waals surface area contributed by atoms with Gasteiger partial charge in [0.05, 0.1) is 17.4 Å². The maximum atomic E-state index is 13.1. The van der Waals surface area contributed by atoms with Crippen LogP contribution in [0, 0.1) is 12.8 Å². The van der Waals surface area contributed by atoms with Crippen LogP contribution in [0.3, 0.4) is 0 Å². The van der Waals surface area contributed by atoms with E-state index in [9.17, 15) is 4.79 Å². The molecule has 1 aromatic heterocycles. The molecule has 1 amide bonds. The molecular weight excluding hydrogens is 300 g/mol. The first-order valence-electron chi connectivity index (χ1n) is 8.74. The first-order valence-corrected chi connectivity index (χ1v) is 8.74. The van der Waals surface area contributed by atoms with E-state index in [1.165, 1.54) is 12.8 Å². The molecule has 2 aromatic rings. The fourth-order valence-corrected chi connectivity index (χ4v) is 3.64. The van der Waals surface area contributed by atoms with E-state index in [4.69, 9.17) is 0 Å². The number of carbonyl (C=O) groups is 1. The monoisotopic (exact) mass is 324 g/mol. The summed E-state index contributed by atoms with van der Waals surface area (Å²) < 4.78 is 2.03. The number of anilines is 2. The van der Waals surface area contributed by atoms with E-state index in [1.54, 1.807) is 0 Å². The van der Waals surface area contributed by atoms with E-state index < -0.39 is 0 Å². The van der Waals surface area contributed by atoms with Crippen LogP contribution in [0.2, 0.25) is 0 Å². The molecule has 1 saturated carbocycles. The quantitative estimate of drug-likeness (QED) is 0.870. The molecule has 0 bridgehead atoms. The van der Waals surface area contributed by atoms with Crippen molar-refractivity contribution in [3.8, 4) is 0 Å². The smallest absolute Gasteiger partial charge is 0.278 e. The van der Waals surface area contributed by atoms with Gasteiger partial charge in [-0.3, -0.25) is 9.48 Å². The average Bonchev–Trinajstić information content (AvgIpc) is 3.37. The molecular formula is C19H24N4O. The summed E-state index contributed by atoms with van der Waals surface area (Å²) >= 11 is 0. The van der Waals surface area contributed by atoms with Crippen molar-refractivity contribution >= 4 is 17.3 Å². The van der Waals surface area contributed by atoms with Gasteiger partial charge in [-0.1, -0.05) is 12.1 Å². The Hall–Kier alpha value is -2.30. The minimum Gasteiger partial charge on any atom is -0.371 e. The van der Waals surface area contributed by atoms with E-state index in [-0.39, 0.29) is 5.91 Å². The first-order chi connectivity index (χ1) is 11.6. The van der Waals surface area contributed by atoms with Crippen molar-refractivity contribution < 1.29 is 4.79 Å². The van der Waals surface area contributed by atoms with E-state index in [0.717, 1.165) is 29.5 Å². The zero-order chi connectivity index (χ0) is 16.8. The molecule has 1 aliphatic heterocycles. The number of aryl methyl sites for hydroxylation is 1. The van der Waals surface area contributed by atoms with Gasteiger partial charge in [-0.25, -0.2) is 0 Å². The van der Waals surface area contributed by atoms with E-state index >= 15 is 0 Å². The van der Waals surface area contributed by atoms with Crippen molar-refractivity contribution in [2.24, 2.45) is 5.92 Å². The molecule has 0 saturated heterocycles. The summed E-state index contributed by atoms with van der Waals surface area (Å²) in [6, 6.07) is 10.4. The minimum absolute atomic E-state index is 0.000368. The van der Waals surface area contributed by atoms with E-state index in [0.29, 0.717) is 18.3 Å². The van der Waals surface area contributed by atoms with Crippen molar-refractivity contribution in [3.05, 3.63) is 41.7 Å². The molecule has 1 atom stereocenters. The van der Waals surface area contributed by atoms with Gasteiger partial charge in [-0.2, -0.15) is 5.10 Å². The summed E-state index contributed by atoms with van der Waals surface area (Å²) in [4.78, 5) is 17.1. The number of carbonyl (C=O) groups excluding carboxylic acids is 1. The number of rotatable bonds is 3. The third kappa shape index (κ3) is 2.48. The molecule has 5 heteroatoms. The number of benzene rings is 1. The van der Waals surface area contributed by atoms with Gasteiger partial charge >= 0.3 is 0 Å². The van der Waals surface area contributed by atoms with Gasteiger partial charge in [0.2, 0.25) is 0 Å². The number of fused-ring (bicyclic) bond motifs is 1. The molecule has 4 rings (SSSR count). The fourth-order valence-electron chi connectivity index (χ4n) is 3.64. The van der Waals surface area contributed by atoms with Crippen LogP contribution in [0.4, 0.5) is 11.4 Å². The average molecular weight is 324 g/mol. The number of amides is 1. The van der Waals surface area contributed by atoms with Gasteiger partial charge in [0.15, 0.2) is 5.69 Å². The lowest BCUT2D eigenvalue weighted by Gasteiger charge is -2.35. The molecule has 0 spiro atoms. The van der Waals surface area contributed by atoms with Gasteiger partial charge in [0.1, 0.15) is 0 Å². The Kier molecular flexibility index (Phi) is 3.59. The molecule has 5 nitrogen and oxygen atoms in total. The lowest BCUT2D eigenvalue weighted by Crippen LogP contribution is -2.42. The standard InChI is InChI=1S/C19H24N4O/c1-13-12-16(20-23(13)14(2)15-8-9-15)19(24)22-11-10-21(3)17-6-4-5-7-18(17)22/h4-7,12,14-15H,8-11H2,1-3H3. The fraction of sp³-hybridized carbons (Fsp3) is 0.474. The highest BCUT2D eigenvalue weighted by Crippen LogP contribution is 2.40. The third-order valence-electron chi connectivity index (χ3n) is 5.32. The van der Waals surface area contributed by atoms with Crippen LogP contribution >= 0.6 is 0 Å². The largest absolute Gasteiger partial charge is 0.371 e. The predicted octanol–water partition coefficient (Wildman–Crippen LogP) is 3.26. The lowest BCUT2D eigenvalue weighted by molar-refractivity contribution is 0.0981. The van der Waals surface area contributed by atoms with Crippen LogP contribution in [0.1, 0.15) is 42.0 Å². The van der Waals surface area contributed by atoms with Crippen LogP contribution in [0.5, 0.6) is 0 Å². The molecule has 0 radical (unpaired) electrons. The highest BCUT2D eigenvalue weighted by atomic mass is 16.2. The maximum absolute atomic E-state index is 13.1. The van der Waals surface area contributed by atoms with E-state index in [1.807, 2.05) is 40.8 Å². The maximum Gasteiger partial charge on any atom is 0.278 e. The molecule has 1 fully saturated rings. The lowest BCUT2D eigenvalue weighted by atomic mass is 10.1. The summed E-state index contributed by atoms with van der Waals surface area (Å²) in [6.07, 6.45) is 2.55. The third-order valence-corrected chi connectivity index (χ3v) is 5.32. The highest BCUT2D eigenvalue weighted by molar-refractivity contribution is 6.07. The van der Waals surface area contributed by atoms with Crippen LogP contribution in [-0.2, 0) is 0 Å². The number of likely N-dealkylation sites (N-methyl/N-ethyl adjacent to an activating group) is 1. The Morgan fingerprint density at radius 3 is 2.62 bits per heavy atom. The number of aromatic nitrogens is 2. The van der Waals surface area contributed by atoms with Crippen molar-refractivity contribution in [1.82, 2.24) is 9.78 Å². The topological polar surface area (TPSA) is 41.4 Å². The van der Waals surface area contributed by atoms with Crippen molar-refractivity contribution in [2.75, 3.05) is 29.9 Å². The van der Waals surface area contributed by atoms with Crippen molar-refractivity contribution in [1.29, 1.82) is 0 Å². The summed E-state index contributed by atoms with van der Waals surface area (Å²) in [7, 11) is 2.07. The van der Waals surface area contributed by atoms with Crippen molar-refractivity contribution in [3.63, 3.8) is 0 Å². The Balaban J connectivity index is 1.65. The van der Waals surface area contributed by atoms with Gasteiger partial charge in [0, 0.05) is 25.8 Å². The molecule has 2 heterocycles. The minimum atomic E-state index is 0.000368. The zero-order valence-corrected chi connectivity index (χ0v) is 14.6. The number of hydrogen-bond donors (Lipinski definition) is 0. The Morgan fingerprint density at radius 2 is 1.92 bits per heavy atom. The normalized spacial score (nSPS) is 18.5. The SMILES string of the molecule is Cc1cc(C(=O)N2CCN(C)c3ccccc32)nn1C(C)C1CC1. The molecule has 0 N–H and O–H groups in total. The van der Waals surface area contributed by atoms with Crippen LogP contribution in [-0.4, -0.2) is 35.8 Å². The highest BCUT2D eigenvalue weighted by Gasteiger charge is 2.32. The van der Waals surface area contributed by atoms with Gasteiger partial charge in [-0.05, 0) is 50.8 Å². The number of para-hydroxylation sites is 2. The molecule has 24 heavy (non-hydrogen) atoms. The Bertz CT molecular complexity index is 777. The molecule has 2 aliphatic rings. The Labute approximate surface area is 142 Å². The first kappa shape index (κ1) is 15.2. The summed E-state index contributed by atoms with van der Waals surface area (Å²) in [6.45, 7) is 5.77. The van der Waals surface area contributed by atoms with Gasteiger partial charge < -0.3 is 9.80 Å². The number of nitrogens with zero attached hydrogens (tertiary/aromatic N) is 4.